The molecule has 1 aromatic carbocycles. The van der Waals surface area contributed by atoms with E-state index in [2.05, 4.69) is 4.98 Å². The van der Waals surface area contributed by atoms with Gasteiger partial charge in [-0.2, -0.15) is 0 Å². The quantitative estimate of drug-likeness (QED) is 0.772. The third-order valence-electron chi connectivity index (χ3n) is 5.30. The van der Waals surface area contributed by atoms with Crippen LogP contribution in [0, 0.1) is 5.82 Å². The van der Waals surface area contributed by atoms with E-state index in [1.54, 1.807) is 12.3 Å². The maximum absolute atomic E-state index is 14.9. The molecule has 2 aliphatic rings. The highest BCUT2D eigenvalue weighted by atomic mass is 19.1. The van der Waals surface area contributed by atoms with E-state index in [1.165, 1.54) is 12.3 Å². The Balaban J connectivity index is 1.69. The largest absolute Gasteiger partial charge is 0.477 e. The molecule has 27 heavy (non-hydrogen) atoms. The van der Waals surface area contributed by atoms with Crippen molar-refractivity contribution < 1.29 is 14.3 Å². The third-order valence-corrected chi connectivity index (χ3v) is 5.30. The summed E-state index contributed by atoms with van der Waals surface area (Å²) in [5.74, 6) is -1.82. The monoisotopic (exact) mass is 365 g/mol. The van der Waals surface area contributed by atoms with E-state index in [0.29, 0.717) is 24.3 Å². The van der Waals surface area contributed by atoms with E-state index < -0.39 is 17.2 Å². The van der Waals surface area contributed by atoms with Gasteiger partial charge in [0.15, 0.2) is 0 Å². The van der Waals surface area contributed by atoms with Gasteiger partial charge in [-0.1, -0.05) is 6.07 Å². The number of fused-ring (bicyclic) bond motifs is 2. The van der Waals surface area contributed by atoms with Crippen molar-refractivity contribution in [3.05, 3.63) is 69.5 Å². The van der Waals surface area contributed by atoms with Gasteiger partial charge < -0.3 is 14.6 Å². The molecule has 0 saturated heterocycles. The lowest BCUT2D eigenvalue weighted by Gasteiger charge is -2.20. The summed E-state index contributed by atoms with van der Waals surface area (Å²) in [7, 11) is 0. The normalized spacial score (nSPS) is 16.0. The minimum atomic E-state index is -1.29. The second-order valence-corrected chi connectivity index (χ2v) is 7.10. The topological polar surface area (TPSA) is 75.4 Å². The molecule has 7 heteroatoms. The smallest absolute Gasteiger partial charge is 0.341 e. The average molecular weight is 365 g/mol. The van der Waals surface area contributed by atoms with Crippen LogP contribution >= 0.6 is 0 Å². The SMILES string of the molecule is O=C(O)c1cn(C2CC2)c2cc(N3Cc4cccnc4C3)c(F)cc2c1=O. The van der Waals surface area contributed by atoms with Crippen molar-refractivity contribution in [3.8, 4) is 0 Å². The summed E-state index contributed by atoms with van der Waals surface area (Å²) in [5.41, 5.74) is 1.98. The standard InChI is InChI=1S/C20H16FN3O3/c21-15-6-13-17(24(12-3-4-12)9-14(19(13)25)20(26)27)7-18(15)23-8-11-2-1-5-22-16(11)10-23/h1-2,5-7,9,12H,3-4,8,10H2,(H,26,27). The number of halogens is 1. The fourth-order valence-electron chi connectivity index (χ4n) is 3.78. The van der Waals surface area contributed by atoms with Crippen molar-refractivity contribution in [2.45, 2.75) is 32.0 Å². The summed E-state index contributed by atoms with van der Waals surface area (Å²) in [4.78, 5) is 30.2. The van der Waals surface area contributed by atoms with Gasteiger partial charge in [0.05, 0.1) is 23.4 Å². The number of nitrogens with zero attached hydrogens (tertiary/aromatic N) is 3. The zero-order chi connectivity index (χ0) is 18.7. The second kappa shape index (κ2) is 5.64. The Bertz CT molecular complexity index is 1140. The molecule has 6 nitrogen and oxygen atoms in total. The maximum atomic E-state index is 14.9. The number of benzene rings is 1. The zero-order valence-electron chi connectivity index (χ0n) is 14.4. The van der Waals surface area contributed by atoms with E-state index in [-0.39, 0.29) is 17.0 Å². The molecule has 0 spiro atoms. The first-order valence-corrected chi connectivity index (χ1v) is 8.82. The van der Waals surface area contributed by atoms with Crippen LogP contribution in [0.3, 0.4) is 0 Å². The van der Waals surface area contributed by atoms with Crippen LogP contribution in [0.5, 0.6) is 0 Å². The van der Waals surface area contributed by atoms with Gasteiger partial charge in [0.1, 0.15) is 11.4 Å². The molecule has 3 aromatic rings. The van der Waals surface area contributed by atoms with Crippen LogP contribution in [0.1, 0.15) is 40.5 Å². The molecule has 0 radical (unpaired) electrons. The number of aromatic nitrogens is 2. The lowest BCUT2D eigenvalue weighted by molar-refractivity contribution is 0.0695. The highest BCUT2D eigenvalue weighted by molar-refractivity contribution is 5.93. The van der Waals surface area contributed by atoms with Crippen molar-refractivity contribution in [1.82, 2.24) is 9.55 Å². The molecule has 0 bridgehead atoms. The predicted molar refractivity (Wildman–Crippen MR) is 97.5 cm³/mol. The summed E-state index contributed by atoms with van der Waals surface area (Å²) in [6, 6.07) is 6.83. The molecule has 1 N–H and O–H groups in total. The predicted octanol–water partition coefficient (Wildman–Crippen LogP) is 3.09. The van der Waals surface area contributed by atoms with Crippen LogP contribution in [0.2, 0.25) is 0 Å². The van der Waals surface area contributed by atoms with Crippen molar-refractivity contribution in [1.29, 1.82) is 0 Å². The number of hydrogen-bond donors (Lipinski definition) is 1. The summed E-state index contributed by atoms with van der Waals surface area (Å²) >= 11 is 0. The molecule has 0 atom stereocenters. The van der Waals surface area contributed by atoms with E-state index >= 15 is 0 Å². The molecule has 3 heterocycles. The number of aromatic carboxylic acids is 1. The first kappa shape index (κ1) is 16.0. The molecule has 136 valence electrons. The van der Waals surface area contributed by atoms with Gasteiger partial charge in [0, 0.05) is 30.4 Å². The molecular weight excluding hydrogens is 349 g/mol. The number of rotatable bonds is 3. The van der Waals surface area contributed by atoms with E-state index in [4.69, 9.17) is 0 Å². The van der Waals surface area contributed by atoms with Crippen LogP contribution in [-0.2, 0) is 13.1 Å². The van der Waals surface area contributed by atoms with Gasteiger partial charge in [-0.25, -0.2) is 9.18 Å². The molecule has 1 fully saturated rings. The number of carboxylic acids is 1. The fourth-order valence-corrected chi connectivity index (χ4v) is 3.78. The van der Waals surface area contributed by atoms with Crippen LogP contribution in [0.4, 0.5) is 10.1 Å². The molecule has 1 aliphatic carbocycles. The fraction of sp³-hybridized carbons (Fsp3) is 0.250. The van der Waals surface area contributed by atoms with E-state index in [9.17, 15) is 19.1 Å². The molecule has 5 rings (SSSR count). The van der Waals surface area contributed by atoms with Gasteiger partial charge in [-0.3, -0.25) is 9.78 Å². The summed E-state index contributed by atoms with van der Waals surface area (Å²) in [5, 5.41) is 9.44. The Hall–Kier alpha value is -3.22. The van der Waals surface area contributed by atoms with Crippen LogP contribution in [-0.4, -0.2) is 20.6 Å². The lowest BCUT2D eigenvalue weighted by Crippen LogP contribution is -2.21. The minimum Gasteiger partial charge on any atom is -0.477 e. The van der Waals surface area contributed by atoms with Crippen molar-refractivity contribution in [3.63, 3.8) is 0 Å². The highest BCUT2D eigenvalue weighted by Gasteiger charge is 2.29. The van der Waals surface area contributed by atoms with Gasteiger partial charge in [0.2, 0.25) is 5.43 Å². The van der Waals surface area contributed by atoms with Gasteiger partial charge >= 0.3 is 5.97 Å². The molecular formula is C20H16FN3O3. The summed E-state index contributed by atoms with van der Waals surface area (Å²) in [6.45, 7) is 1.05. The van der Waals surface area contributed by atoms with Gasteiger partial charge in [0.25, 0.3) is 0 Å². The van der Waals surface area contributed by atoms with Crippen LogP contribution in [0.15, 0.2) is 41.5 Å². The summed E-state index contributed by atoms with van der Waals surface area (Å²) in [6.07, 6.45) is 4.95. The van der Waals surface area contributed by atoms with Crippen LogP contribution in [0.25, 0.3) is 10.9 Å². The Morgan fingerprint density at radius 2 is 2.07 bits per heavy atom. The highest BCUT2D eigenvalue weighted by Crippen LogP contribution is 2.39. The van der Waals surface area contributed by atoms with Gasteiger partial charge in [-0.15, -0.1) is 0 Å². The maximum Gasteiger partial charge on any atom is 0.341 e. The molecule has 1 saturated carbocycles. The van der Waals surface area contributed by atoms with Crippen LogP contribution < -0.4 is 10.3 Å². The number of carbonyl (C=O) groups is 1. The Labute approximate surface area is 153 Å². The average Bonchev–Trinajstić information content (AvgIpc) is 3.39. The Morgan fingerprint density at radius 1 is 1.26 bits per heavy atom. The van der Waals surface area contributed by atoms with Crippen molar-refractivity contribution >= 4 is 22.6 Å². The molecule has 1 aliphatic heterocycles. The molecule has 0 unspecified atom stereocenters. The number of hydrogen-bond acceptors (Lipinski definition) is 4. The Morgan fingerprint density at radius 3 is 2.78 bits per heavy atom. The Kier molecular flexibility index (Phi) is 3.34. The summed E-state index contributed by atoms with van der Waals surface area (Å²) < 4.78 is 16.7. The lowest BCUT2D eigenvalue weighted by atomic mass is 10.1. The first-order chi connectivity index (χ1) is 13.0. The third kappa shape index (κ3) is 2.50. The number of pyridine rings is 2. The minimum absolute atomic E-state index is 0.109. The van der Waals surface area contributed by atoms with Gasteiger partial charge in [-0.05, 0) is 36.6 Å². The number of anilines is 1. The zero-order valence-corrected chi connectivity index (χ0v) is 14.4. The first-order valence-electron chi connectivity index (χ1n) is 8.82. The van der Waals surface area contributed by atoms with Crippen molar-refractivity contribution in [2.24, 2.45) is 0 Å². The number of carboxylic acid groups (broad SMARTS) is 1. The molecule has 2 aromatic heterocycles. The molecule has 0 amide bonds. The van der Waals surface area contributed by atoms with E-state index in [0.717, 1.165) is 24.1 Å². The van der Waals surface area contributed by atoms with Crippen molar-refractivity contribution in [2.75, 3.05) is 4.90 Å². The second-order valence-electron chi connectivity index (χ2n) is 7.10. The van der Waals surface area contributed by atoms with E-state index in [1.807, 2.05) is 21.6 Å².